The number of fused-ring (bicyclic) bond motifs is 2. The second-order valence-electron chi connectivity index (χ2n) is 5.53. The third kappa shape index (κ3) is 0.936. The molecule has 64 valence electrons. The fourth-order valence-electron chi connectivity index (χ4n) is 3.11. The smallest absolute Gasteiger partial charge is 0.0157 e. The lowest BCUT2D eigenvalue weighted by molar-refractivity contribution is 0.159. The molecule has 0 aromatic carbocycles. The summed E-state index contributed by atoms with van der Waals surface area (Å²) < 4.78 is 0. The molecule has 0 amide bonds. The maximum atomic E-state index is 6.18. The summed E-state index contributed by atoms with van der Waals surface area (Å²) in [5.74, 6) is 1.71. The van der Waals surface area contributed by atoms with Crippen LogP contribution in [0.5, 0.6) is 0 Å². The molecule has 1 nitrogen and oxygen atoms in total. The van der Waals surface area contributed by atoms with Gasteiger partial charge in [-0.05, 0) is 43.4 Å². The van der Waals surface area contributed by atoms with Crippen molar-refractivity contribution in [1.82, 2.24) is 0 Å². The summed E-state index contributed by atoms with van der Waals surface area (Å²) in [5.41, 5.74) is 6.94. The third-order valence-corrected chi connectivity index (χ3v) is 4.07. The van der Waals surface area contributed by atoms with E-state index in [1.165, 1.54) is 19.3 Å². The van der Waals surface area contributed by atoms with Crippen LogP contribution in [0.15, 0.2) is 0 Å². The van der Waals surface area contributed by atoms with Crippen molar-refractivity contribution in [3.63, 3.8) is 0 Å². The van der Waals surface area contributed by atoms with E-state index in [1.807, 2.05) is 0 Å². The molecule has 2 aliphatic carbocycles. The van der Waals surface area contributed by atoms with Gasteiger partial charge in [0.1, 0.15) is 0 Å². The number of hydrogen-bond acceptors (Lipinski definition) is 1. The molecule has 0 heterocycles. The van der Waals surface area contributed by atoms with Gasteiger partial charge in [-0.15, -0.1) is 0 Å². The molecule has 0 aromatic rings. The van der Waals surface area contributed by atoms with Gasteiger partial charge in [-0.2, -0.15) is 0 Å². The van der Waals surface area contributed by atoms with Crippen molar-refractivity contribution in [2.75, 3.05) is 0 Å². The van der Waals surface area contributed by atoms with Gasteiger partial charge in [-0.1, -0.05) is 13.8 Å². The standard InChI is InChI=1S/C10H19N/c1-9(2)5-8-4-7(9)6-10(8,3)11/h7-8H,4-6,11H2,1-3H3. The van der Waals surface area contributed by atoms with Crippen molar-refractivity contribution in [3.05, 3.63) is 0 Å². The quantitative estimate of drug-likeness (QED) is 0.567. The number of hydrogen-bond donors (Lipinski definition) is 1. The van der Waals surface area contributed by atoms with Crippen molar-refractivity contribution in [2.45, 2.75) is 45.6 Å². The van der Waals surface area contributed by atoms with E-state index in [0.29, 0.717) is 5.41 Å². The Hall–Kier alpha value is -0.0400. The lowest BCUT2D eigenvalue weighted by atomic mass is 9.70. The van der Waals surface area contributed by atoms with Crippen LogP contribution in [0.2, 0.25) is 0 Å². The predicted octanol–water partition coefficient (Wildman–Crippen LogP) is 2.16. The Balaban J connectivity index is 2.21. The molecule has 2 bridgehead atoms. The molecule has 2 saturated carbocycles. The highest BCUT2D eigenvalue weighted by molar-refractivity contribution is 5.07. The molecular weight excluding hydrogens is 134 g/mol. The first-order valence-electron chi connectivity index (χ1n) is 4.71. The highest BCUT2D eigenvalue weighted by Crippen LogP contribution is 2.58. The van der Waals surface area contributed by atoms with Crippen molar-refractivity contribution in [3.8, 4) is 0 Å². The van der Waals surface area contributed by atoms with E-state index < -0.39 is 0 Å². The molecule has 3 atom stereocenters. The molecule has 1 heteroatoms. The fourth-order valence-corrected chi connectivity index (χ4v) is 3.11. The second kappa shape index (κ2) is 1.82. The molecule has 0 aromatic heterocycles. The van der Waals surface area contributed by atoms with Crippen LogP contribution in [0, 0.1) is 17.3 Å². The van der Waals surface area contributed by atoms with Crippen molar-refractivity contribution >= 4 is 0 Å². The van der Waals surface area contributed by atoms with E-state index in [0.717, 1.165) is 11.8 Å². The van der Waals surface area contributed by atoms with Gasteiger partial charge in [-0.25, -0.2) is 0 Å². The zero-order valence-electron chi connectivity index (χ0n) is 7.85. The molecule has 2 rings (SSSR count). The Morgan fingerprint density at radius 1 is 1.09 bits per heavy atom. The summed E-state index contributed by atoms with van der Waals surface area (Å²) in [4.78, 5) is 0. The SMILES string of the molecule is CC1(C)CC2CC1CC2(C)N. The highest BCUT2D eigenvalue weighted by Gasteiger charge is 2.53. The molecule has 2 aliphatic rings. The summed E-state index contributed by atoms with van der Waals surface area (Å²) in [6.07, 6.45) is 4.00. The zero-order valence-corrected chi connectivity index (χ0v) is 7.85. The minimum Gasteiger partial charge on any atom is -0.325 e. The van der Waals surface area contributed by atoms with E-state index in [1.54, 1.807) is 0 Å². The van der Waals surface area contributed by atoms with Crippen molar-refractivity contribution in [1.29, 1.82) is 0 Å². The first-order chi connectivity index (χ1) is 4.92. The van der Waals surface area contributed by atoms with Crippen LogP contribution in [0.25, 0.3) is 0 Å². The van der Waals surface area contributed by atoms with Crippen LogP contribution in [-0.2, 0) is 0 Å². The van der Waals surface area contributed by atoms with Crippen molar-refractivity contribution in [2.24, 2.45) is 23.0 Å². The molecule has 0 saturated heterocycles. The van der Waals surface area contributed by atoms with Gasteiger partial charge < -0.3 is 5.73 Å². The summed E-state index contributed by atoms with van der Waals surface area (Å²) in [7, 11) is 0. The largest absolute Gasteiger partial charge is 0.325 e. The summed E-state index contributed by atoms with van der Waals surface area (Å²) in [5, 5.41) is 0. The Kier molecular flexibility index (Phi) is 1.26. The number of rotatable bonds is 0. The van der Waals surface area contributed by atoms with E-state index in [-0.39, 0.29) is 5.54 Å². The Morgan fingerprint density at radius 3 is 2.00 bits per heavy atom. The van der Waals surface area contributed by atoms with Gasteiger partial charge in [0.15, 0.2) is 0 Å². The lowest BCUT2D eigenvalue weighted by Crippen LogP contribution is -2.44. The topological polar surface area (TPSA) is 26.0 Å². The molecule has 11 heavy (non-hydrogen) atoms. The van der Waals surface area contributed by atoms with Crippen LogP contribution in [0.4, 0.5) is 0 Å². The van der Waals surface area contributed by atoms with Crippen LogP contribution in [0.3, 0.4) is 0 Å². The molecular formula is C10H19N. The minimum absolute atomic E-state index is 0.167. The first-order valence-corrected chi connectivity index (χ1v) is 4.71. The summed E-state index contributed by atoms with van der Waals surface area (Å²) >= 11 is 0. The Morgan fingerprint density at radius 2 is 1.73 bits per heavy atom. The van der Waals surface area contributed by atoms with E-state index in [2.05, 4.69) is 20.8 Å². The monoisotopic (exact) mass is 153 g/mol. The van der Waals surface area contributed by atoms with Gasteiger partial charge in [0.05, 0.1) is 0 Å². The molecule has 3 unspecified atom stereocenters. The first kappa shape index (κ1) is 7.60. The van der Waals surface area contributed by atoms with E-state index in [4.69, 9.17) is 5.73 Å². The van der Waals surface area contributed by atoms with Gasteiger partial charge in [0.2, 0.25) is 0 Å². The predicted molar refractivity (Wildman–Crippen MR) is 47.2 cm³/mol. The normalized spacial score (nSPS) is 53.5. The molecule has 0 spiro atoms. The van der Waals surface area contributed by atoms with Gasteiger partial charge in [0.25, 0.3) is 0 Å². The third-order valence-electron chi connectivity index (χ3n) is 4.07. The van der Waals surface area contributed by atoms with Crippen LogP contribution >= 0.6 is 0 Å². The minimum atomic E-state index is 0.167. The average molecular weight is 153 g/mol. The van der Waals surface area contributed by atoms with Crippen LogP contribution in [0.1, 0.15) is 40.0 Å². The van der Waals surface area contributed by atoms with Crippen molar-refractivity contribution < 1.29 is 0 Å². The Labute approximate surface area is 69.4 Å². The van der Waals surface area contributed by atoms with Gasteiger partial charge >= 0.3 is 0 Å². The number of nitrogens with two attached hydrogens (primary N) is 1. The maximum Gasteiger partial charge on any atom is 0.0157 e. The highest BCUT2D eigenvalue weighted by atomic mass is 14.8. The second-order valence-corrected chi connectivity index (χ2v) is 5.53. The average Bonchev–Trinajstić information content (AvgIpc) is 2.18. The zero-order chi connectivity index (χ0) is 8.28. The van der Waals surface area contributed by atoms with Crippen LogP contribution in [-0.4, -0.2) is 5.54 Å². The van der Waals surface area contributed by atoms with Gasteiger partial charge in [0, 0.05) is 5.54 Å². The van der Waals surface area contributed by atoms with E-state index >= 15 is 0 Å². The molecule has 2 N–H and O–H groups in total. The Bertz CT molecular complexity index is 161. The van der Waals surface area contributed by atoms with E-state index in [9.17, 15) is 0 Å². The lowest BCUT2D eigenvalue weighted by Gasteiger charge is -2.38. The van der Waals surface area contributed by atoms with Crippen LogP contribution < -0.4 is 5.73 Å². The summed E-state index contributed by atoms with van der Waals surface area (Å²) in [6, 6.07) is 0. The van der Waals surface area contributed by atoms with Gasteiger partial charge in [-0.3, -0.25) is 0 Å². The maximum absolute atomic E-state index is 6.18. The molecule has 0 radical (unpaired) electrons. The fraction of sp³-hybridized carbons (Fsp3) is 1.00. The molecule has 2 fully saturated rings. The summed E-state index contributed by atoms with van der Waals surface area (Å²) in [6.45, 7) is 7.02. The molecule has 0 aliphatic heterocycles.